The molecule has 0 bridgehead atoms. The molecule has 2 aliphatic heterocycles. The number of nitrogens with zero attached hydrogens (tertiary/aromatic N) is 2. The maximum absolute atomic E-state index is 12.4. The summed E-state index contributed by atoms with van der Waals surface area (Å²) in [4.78, 5) is 35.6. The zero-order valence-electron chi connectivity index (χ0n) is 10.3. The molecule has 1 aromatic rings. The van der Waals surface area contributed by atoms with Crippen LogP contribution in [0.5, 0.6) is 0 Å². The lowest BCUT2D eigenvalue weighted by Crippen LogP contribution is -2.46. The highest BCUT2D eigenvalue weighted by Crippen LogP contribution is 2.34. The number of hydrogen-bond acceptors (Lipinski definition) is 6. The van der Waals surface area contributed by atoms with Crippen molar-refractivity contribution in [1.82, 2.24) is 10.2 Å². The quantitative estimate of drug-likeness (QED) is 0.519. The molecule has 0 aliphatic carbocycles. The van der Waals surface area contributed by atoms with Crippen LogP contribution in [0.3, 0.4) is 0 Å². The van der Waals surface area contributed by atoms with E-state index in [4.69, 9.17) is 0 Å². The van der Waals surface area contributed by atoms with E-state index in [1.165, 1.54) is 6.07 Å². The van der Waals surface area contributed by atoms with Crippen LogP contribution in [0.1, 0.15) is 12.0 Å². The number of thioether (sulfide) groups is 1. The molecular weight excluding hydrogens is 302 g/mol. The van der Waals surface area contributed by atoms with Gasteiger partial charge in [-0.2, -0.15) is 11.8 Å². The van der Waals surface area contributed by atoms with E-state index in [1.54, 1.807) is 17.1 Å². The monoisotopic (exact) mass is 313 g/mol. The number of nitro groups is 1. The first kappa shape index (κ1) is 13.4. The molecule has 0 aromatic carbocycles. The molecule has 0 unspecified atom stereocenters. The van der Waals surface area contributed by atoms with Gasteiger partial charge >= 0.3 is 11.0 Å². The van der Waals surface area contributed by atoms with Crippen LogP contribution in [0.4, 0.5) is 9.80 Å². The molecule has 0 saturated carbocycles. The molecule has 106 valence electrons. The molecule has 9 heteroatoms. The number of amides is 3. The molecule has 3 amide bonds. The first-order valence-corrected chi connectivity index (χ1v) is 7.99. The molecule has 0 radical (unpaired) electrons. The van der Waals surface area contributed by atoms with Crippen molar-refractivity contribution in [1.29, 1.82) is 0 Å². The van der Waals surface area contributed by atoms with Gasteiger partial charge < -0.3 is 5.32 Å². The van der Waals surface area contributed by atoms with E-state index in [0.717, 1.165) is 22.0 Å². The van der Waals surface area contributed by atoms with Crippen molar-refractivity contribution in [2.75, 3.05) is 11.5 Å². The molecule has 2 fully saturated rings. The second-order valence-electron chi connectivity index (χ2n) is 4.76. The molecule has 2 saturated heterocycles. The third kappa shape index (κ3) is 2.06. The smallest absolute Gasteiger partial charge is 0.322 e. The number of nitrogens with one attached hydrogen (secondary N) is 1. The van der Waals surface area contributed by atoms with E-state index in [2.05, 4.69) is 5.32 Å². The van der Waals surface area contributed by atoms with Crippen molar-refractivity contribution in [3.63, 3.8) is 0 Å². The zero-order chi connectivity index (χ0) is 14.3. The molecule has 3 rings (SSSR count). The highest BCUT2D eigenvalue weighted by atomic mass is 32.2. The van der Waals surface area contributed by atoms with E-state index in [-0.39, 0.29) is 17.5 Å². The molecule has 7 nitrogen and oxygen atoms in total. The molecular formula is C11H11N3O4S2. The molecule has 1 atom stereocenters. The van der Waals surface area contributed by atoms with E-state index in [1.807, 2.05) is 0 Å². The van der Waals surface area contributed by atoms with Gasteiger partial charge in [-0.1, -0.05) is 11.3 Å². The fraction of sp³-hybridized carbons (Fsp3) is 0.455. The topological polar surface area (TPSA) is 92.6 Å². The summed E-state index contributed by atoms with van der Waals surface area (Å²) in [5.74, 6) is 1.23. The van der Waals surface area contributed by atoms with Gasteiger partial charge in [0.1, 0.15) is 5.54 Å². The molecule has 3 heterocycles. The van der Waals surface area contributed by atoms with Crippen LogP contribution in [-0.2, 0) is 11.3 Å². The first-order chi connectivity index (χ1) is 9.52. The predicted octanol–water partition coefficient (Wildman–Crippen LogP) is 1.58. The summed E-state index contributed by atoms with van der Waals surface area (Å²) in [6, 6.07) is 0.992. The van der Waals surface area contributed by atoms with Gasteiger partial charge in [0.15, 0.2) is 0 Å². The van der Waals surface area contributed by atoms with Crippen LogP contribution in [0.25, 0.3) is 0 Å². The Morgan fingerprint density at radius 3 is 2.90 bits per heavy atom. The summed E-state index contributed by atoms with van der Waals surface area (Å²) < 4.78 is 0. The fourth-order valence-corrected chi connectivity index (χ4v) is 4.42. The second-order valence-corrected chi connectivity index (χ2v) is 6.75. The van der Waals surface area contributed by atoms with Gasteiger partial charge in [0.2, 0.25) is 0 Å². The van der Waals surface area contributed by atoms with Crippen LogP contribution in [0.2, 0.25) is 0 Å². The SMILES string of the molecule is O=C1N[C@@]2(CCSC2)C(=O)N1Cc1csc([N+](=O)[O-])c1. The second kappa shape index (κ2) is 4.74. The minimum absolute atomic E-state index is 0.0122. The van der Waals surface area contributed by atoms with Crippen molar-refractivity contribution < 1.29 is 14.5 Å². The van der Waals surface area contributed by atoms with Crippen molar-refractivity contribution in [3.05, 3.63) is 27.1 Å². The highest BCUT2D eigenvalue weighted by Gasteiger charge is 2.52. The Morgan fingerprint density at radius 2 is 2.30 bits per heavy atom. The van der Waals surface area contributed by atoms with Gasteiger partial charge in [0.05, 0.1) is 11.5 Å². The number of urea groups is 1. The number of hydrogen-bond donors (Lipinski definition) is 1. The lowest BCUT2D eigenvalue weighted by Gasteiger charge is -2.18. The van der Waals surface area contributed by atoms with Crippen LogP contribution >= 0.6 is 23.1 Å². The maximum Gasteiger partial charge on any atom is 0.325 e. The third-order valence-electron chi connectivity index (χ3n) is 3.43. The Morgan fingerprint density at radius 1 is 1.50 bits per heavy atom. The van der Waals surface area contributed by atoms with E-state index in [0.29, 0.717) is 17.7 Å². The van der Waals surface area contributed by atoms with Gasteiger partial charge in [-0.3, -0.25) is 19.8 Å². The summed E-state index contributed by atoms with van der Waals surface area (Å²) in [5.41, 5.74) is -0.156. The first-order valence-electron chi connectivity index (χ1n) is 5.95. The van der Waals surface area contributed by atoms with Crippen LogP contribution in [0.15, 0.2) is 11.4 Å². The Labute approximate surface area is 122 Å². The van der Waals surface area contributed by atoms with Crippen LogP contribution < -0.4 is 5.32 Å². The summed E-state index contributed by atoms with van der Waals surface area (Å²) in [6.07, 6.45) is 0.641. The summed E-state index contributed by atoms with van der Waals surface area (Å²) >= 11 is 2.64. The van der Waals surface area contributed by atoms with Gasteiger partial charge in [-0.15, -0.1) is 0 Å². The van der Waals surface area contributed by atoms with Gasteiger partial charge in [-0.25, -0.2) is 4.79 Å². The number of rotatable bonds is 3. The maximum atomic E-state index is 12.4. The summed E-state index contributed by atoms with van der Waals surface area (Å²) in [5, 5.41) is 15.0. The van der Waals surface area contributed by atoms with Gasteiger partial charge in [-0.05, 0) is 17.7 Å². The Bertz CT molecular complexity index is 594. The average molecular weight is 313 g/mol. The van der Waals surface area contributed by atoms with E-state index >= 15 is 0 Å². The number of imide groups is 1. The van der Waals surface area contributed by atoms with Crippen molar-refractivity contribution >= 4 is 40.0 Å². The Balaban J connectivity index is 1.78. The van der Waals surface area contributed by atoms with Crippen LogP contribution in [0, 0.1) is 10.1 Å². The summed E-state index contributed by atoms with van der Waals surface area (Å²) in [7, 11) is 0. The number of carbonyl (C=O) groups is 2. The molecule has 1 aromatic heterocycles. The molecule has 20 heavy (non-hydrogen) atoms. The zero-order valence-corrected chi connectivity index (χ0v) is 12.0. The minimum atomic E-state index is -0.760. The molecule has 2 aliphatic rings. The normalized spacial score (nSPS) is 25.5. The number of thiophene rings is 1. The van der Waals surface area contributed by atoms with E-state index in [9.17, 15) is 19.7 Å². The summed E-state index contributed by atoms with van der Waals surface area (Å²) in [6.45, 7) is 0.0847. The Kier molecular flexibility index (Phi) is 3.17. The standard InChI is InChI=1S/C11H11N3O4S2/c15-9-11(1-2-19-6-11)12-10(16)13(9)4-7-3-8(14(17)18)20-5-7/h3,5H,1-2,4,6H2,(H,12,16)/t11-/m1/s1. The van der Waals surface area contributed by atoms with Crippen molar-refractivity contribution in [2.45, 2.75) is 18.5 Å². The molecule has 1 spiro atoms. The van der Waals surface area contributed by atoms with Gasteiger partial charge in [0, 0.05) is 17.2 Å². The third-order valence-corrected chi connectivity index (χ3v) is 5.55. The van der Waals surface area contributed by atoms with Crippen LogP contribution in [-0.4, -0.2) is 38.8 Å². The van der Waals surface area contributed by atoms with Crippen molar-refractivity contribution in [2.24, 2.45) is 0 Å². The lowest BCUT2D eigenvalue weighted by molar-refractivity contribution is -0.380. The minimum Gasteiger partial charge on any atom is -0.322 e. The Hall–Kier alpha value is -1.61. The average Bonchev–Trinajstić information content (AvgIpc) is 3.08. The molecule has 1 N–H and O–H groups in total. The fourth-order valence-electron chi connectivity index (χ4n) is 2.38. The van der Waals surface area contributed by atoms with Crippen molar-refractivity contribution in [3.8, 4) is 0 Å². The number of carbonyl (C=O) groups excluding carboxylic acids is 2. The largest absolute Gasteiger partial charge is 0.325 e. The van der Waals surface area contributed by atoms with E-state index < -0.39 is 16.5 Å². The predicted molar refractivity (Wildman–Crippen MR) is 74.7 cm³/mol. The highest BCUT2D eigenvalue weighted by molar-refractivity contribution is 7.99. The lowest BCUT2D eigenvalue weighted by atomic mass is 9.99. The van der Waals surface area contributed by atoms with Gasteiger partial charge in [0.25, 0.3) is 5.91 Å².